The predicted molar refractivity (Wildman–Crippen MR) is 79.6 cm³/mol. The van der Waals surface area contributed by atoms with Crippen LogP contribution in [0.3, 0.4) is 0 Å². The monoisotopic (exact) mass is 270 g/mol. The Kier molecular flexibility index (Phi) is 4.25. The number of nitrogens with two attached hydrogens (primary N) is 1. The molecule has 0 aliphatic rings. The van der Waals surface area contributed by atoms with Crippen molar-refractivity contribution < 1.29 is 9.53 Å². The van der Waals surface area contributed by atoms with Gasteiger partial charge >= 0.3 is 0 Å². The van der Waals surface area contributed by atoms with Crippen molar-refractivity contribution in [1.29, 1.82) is 0 Å². The minimum absolute atomic E-state index is 0.0775. The van der Waals surface area contributed by atoms with Crippen LogP contribution in [0.25, 0.3) is 0 Å². The summed E-state index contributed by atoms with van der Waals surface area (Å²) in [4.78, 5) is 13.3. The molecule has 0 aromatic heterocycles. The minimum Gasteiger partial charge on any atom is -0.487 e. The van der Waals surface area contributed by atoms with Gasteiger partial charge in [0, 0.05) is 19.7 Å². The summed E-state index contributed by atoms with van der Waals surface area (Å²) in [5, 5.41) is 0. The van der Waals surface area contributed by atoms with Crippen molar-refractivity contribution in [3.8, 4) is 5.75 Å². The summed E-state index contributed by atoms with van der Waals surface area (Å²) in [5.74, 6) is 0.510. The van der Waals surface area contributed by atoms with Crippen LogP contribution in [-0.4, -0.2) is 24.9 Å². The summed E-state index contributed by atoms with van der Waals surface area (Å²) >= 11 is 0. The molecule has 0 heterocycles. The molecule has 2 aromatic carbocycles. The smallest absolute Gasteiger partial charge is 0.253 e. The van der Waals surface area contributed by atoms with E-state index in [-0.39, 0.29) is 5.91 Å². The number of amides is 1. The maximum Gasteiger partial charge on any atom is 0.253 e. The summed E-state index contributed by atoms with van der Waals surface area (Å²) in [6, 6.07) is 14.9. The molecule has 0 atom stereocenters. The van der Waals surface area contributed by atoms with Crippen LogP contribution in [0.15, 0.2) is 48.5 Å². The van der Waals surface area contributed by atoms with E-state index in [1.54, 1.807) is 32.3 Å². The number of nitrogens with zero attached hydrogens (tertiary/aromatic N) is 1. The van der Waals surface area contributed by atoms with Gasteiger partial charge in [0.05, 0.1) is 5.69 Å². The third kappa shape index (κ3) is 3.29. The minimum atomic E-state index is -0.0775. The van der Waals surface area contributed by atoms with E-state index in [9.17, 15) is 4.79 Å². The Balaban J connectivity index is 2.08. The molecule has 104 valence electrons. The zero-order valence-corrected chi connectivity index (χ0v) is 11.7. The van der Waals surface area contributed by atoms with E-state index in [4.69, 9.17) is 10.5 Å². The molecular formula is C16H18N2O2. The average molecular weight is 270 g/mol. The molecule has 0 fully saturated rings. The molecular weight excluding hydrogens is 252 g/mol. The van der Waals surface area contributed by atoms with Crippen LogP contribution in [0.2, 0.25) is 0 Å². The van der Waals surface area contributed by atoms with Gasteiger partial charge in [-0.15, -0.1) is 0 Å². The van der Waals surface area contributed by atoms with Gasteiger partial charge in [0.15, 0.2) is 0 Å². The third-order valence-electron chi connectivity index (χ3n) is 2.90. The Labute approximate surface area is 118 Å². The van der Waals surface area contributed by atoms with Crippen LogP contribution in [0.5, 0.6) is 5.75 Å². The number of rotatable bonds is 4. The van der Waals surface area contributed by atoms with E-state index >= 15 is 0 Å². The second-order valence-electron chi connectivity index (χ2n) is 4.73. The Morgan fingerprint density at radius 1 is 1.15 bits per heavy atom. The number of carbonyl (C=O) groups is 1. The summed E-state index contributed by atoms with van der Waals surface area (Å²) in [6.07, 6.45) is 0. The summed E-state index contributed by atoms with van der Waals surface area (Å²) in [7, 11) is 3.41. The largest absolute Gasteiger partial charge is 0.487 e. The van der Waals surface area contributed by atoms with Gasteiger partial charge in [-0.3, -0.25) is 4.79 Å². The quantitative estimate of drug-likeness (QED) is 0.869. The number of nitrogen functional groups attached to an aromatic ring is 1. The van der Waals surface area contributed by atoms with Gasteiger partial charge in [-0.05, 0) is 23.8 Å². The van der Waals surface area contributed by atoms with Gasteiger partial charge in [-0.1, -0.05) is 30.3 Å². The second kappa shape index (κ2) is 6.10. The first-order valence-electron chi connectivity index (χ1n) is 6.36. The lowest BCUT2D eigenvalue weighted by Crippen LogP contribution is -2.21. The molecule has 0 spiro atoms. The Morgan fingerprint density at radius 2 is 1.85 bits per heavy atom. The first kappa shape index (κ1) is 13.9. The lowest BCUT2D eigenvalue weighted by atomic mass is 10.1. The molecule has 2 N–H and O–H groups in total. The van der Waals surface area contributed by atoms with Gasteiger partial charge in [0.2, 0.25) is 0 Å². The fourth-order valence-electron chi connectivity index (χ4n) is 1.81. The number of benzene rings is 2. The highest BCUT2D eigenvalue weighted by Crippen LogP contribution is 2.24. The number of hydrogen-bond donors (Lipinski definition) is 1. The van der Waals surface area contributed by atoms with E-state index < -0.39 is 0 Å². The molecule has 0 radical (unpaired) electrons. The highest BCUT2D eigenvalue weighted by atomic mass is 16.5. The SMILES string of the molecule is CN(C)C(=O)c1ccc(OCc2ccccc2)c(N)c1. The van der Waals surface area contributed by atoms with Gasteiger partial charge in [-0.2, -0.15) is 0 Å². The summed E-state index contributed by atoms with van der Waals surface area (Å²) in [6.45, 7) is 0.450. The Bertz CT molecular complexity index is 595. The van der Waals surface area contributed by atoms with Crippen molar-refractivity contribution >= 4 is 11.6 Å². The standard InChI is InChI=1S/C16H18N2O2/c1-18(2)16(19)13-8-9-15(14(17)10-13)20-11-12-6-4-3-5-7-12/h3-10H,11,17H2,1-2H3. The van der Waals surface area contributed by atoms with Gasteiger partial charge in [-0.25, -0.2) is 0 Å². The molecule has 20 heavy (non-hydrogen) atoms. The number of hydrogen-bond acceptors (Lipinski definition) is 3. The summed E-state index contributed by atoms with van der Waals surface area (Å²) < 4.78 is 5.67. The maximum atomic E-state index is 11.8. The predicted octanol–water partition coefficient (Wildman–Crippen LogP) is 2.55. The molecule has 0 unspecified atom stereocenters. The lowest BCUT2D eigenvalue weighted by Gasteiger charge is -2.13. The molecule has 4 heteroatoms. The molecule has 0 aliphatic heterocycles. The van der Waals surface area contributed by atoms with Crippen molar-refractivity contribution in [3.05, 3.63) is 59.7 Å². The zero-order chi connectivity index (χ0) is 14.5. The van der Waals surface area contributed by atoms with Crippen molar-refractivity contribution in [2.45, 2.75) is 6.61 Å². The third-order valence-corrected chi connectivity index (χ3v) is 2.90. The molecule has 2 aromatic rings. The van der Waals surface area contributed by atoms with E-state index in [1.165, 1.54) is 4.90 Å². The first-order chi connectivity index (χ1) is 9.58. The average Bonchev–Trinajstić information content (AvgIpc) is 2.46. The molecule has 0 aliphatic carbocycles. The topological polar surface area (TPSA) is 55.6 Å². The number of carbonyl (C=O) groups excluding carboxylic acids is 1. The fourth-order valence-corrected chi connectivity index (χ4v) is 1.81. The highest BCUT2D eigenvalue weighted by molar-refractivity contribution is 5.95. The van der Waals surface area contributed by atoms with Gasteiger partial charge in [0.1, 0.15) is 12.4 Å². The van der Waals surface area contributed by atoms with Gasteiger partial charge in [0.25, 0.3) is 5.91 Å². The van der Waals surface area contributed by atoms with Crippen LogP contribution in [0, 0.1) is 0 Å². The van der Waals surface area contributed by atoms with Crippen molar-refractivity contribution in [2.75, 3.05) is 19.8 Å². The molecule has 0 saturated carbocycles. The second-order valence-corrected chi connectivity index (χ2v) is 4.73. The maximum absolute atomic E-state index is 11.8. The van der Waals surface area contributed by atoms with Crippen LogP contribution in [-0.2, 0) is 6.61 Å². The number of ether oxygens (including phenoxy) is 1. The molecule has 2 rings (SSSR count). The van der Waals surface area contributed by atoms with Crippen molar-refractivity contribution in [2.24, 2.45) is 0 Å². The lowest BCUT2D eigenvalue weighted by molar-refractivity contribution is 0.0827. The van der Waals surface area contributed by atoms with Crippen LogP contribution < -0.4 is 10.5 Å². The van der Waals surface area contributed by atoms with Crippen LogP contribution in [0.4, 0.5) is 5.69 Å². The van der Waals surface area contributed by atoms with Gasteiger partial charge < -0.3 is 15.4 Å². The van der Waals surface area contributed by atoms with E-state index in [2.05, 4.69) is 0 Å². The molecule has 1 amide bonds. The zero-order valence-electron chi connectivity index (χ0n) is 11.7. The normalized spacial score (nSPS) is 10.1. The summed E-state index contributed by atoms with van der Waals surface area (Å²) in [5.41, 5.74) is 8.02. The molecule has 4 nitrogen and oxygen atoms in total. The van der Waals surface area contributed by atoms with Crippen molar-refractivity contribution in [3.63, 3.8) is 0 Å². The van der Waals surface area contributed by atoms with E-state index in [0.717, 1.165) is 5.56 Å². The van der Waals surface area contributed by atoms with Crippen LogP contribution >= 0.6 is 0 Å². The highest BCUT2D eigenvalue weighted by Gasteiger charge is 2.10. The van der Waals surface area contributed by atoms with E-state index in [1.807, 2.05) is 30.3 Å². The Morgan fingerprint density at radius 3 is 2.45 bits per heavy atom. The molecule has 0 saturated heterocycles. The van der Waals surface area contributed by atoms with Crippen molar-refractivity contribution in [1.82, 2.24) is 4.90 Å². The van der Waals surface area contributed by atoms with Crippen LogP contribution in [0.1, 0.15) is 15.9 Å². The Hall–Kier alpha value is -2.49. The molecule has 0 bridgehead atoms. The van der Waals surface area contributed by atoms with E-state index in [0.29, 0.717) is 23.6 Å². The fraction of sp³-hybridized carbons (Fsp3) is 0.188. The number of anilines is 1. The first-order valence-corrected chi connectivity index (χ1v) is 6.36.